The molecular formula is C18H20N4O3S. The van der Waals surface area contributed by atoms with Gasteiger partial charge >= 0.3 is 0 Å². The first kappa shape index (κ1) is 16.0. The Bertz CT molecular complexity index is 829. The van der Waals surface area contributed by atoms with Crippen molar-refractivity contribution in [2.75, 3.05) is 12.1 Å². The Balaban J connectivity index is 1.24. The molecule has 5 rings (SSSR count). The molecule has 26 heavy (non-hydrogen) atoms. The van der Waals surface area contributed by atoms with Gasteiger partial charge in [0.25, 0.3) is 0 Å². The van der Waals surface area contributed by atoms with Crippen LogP contribution in [0.1, 0.15) is 41.4 Å². The minimum atomic E-state index is -0.300. The summed E-state index contributed by atoms with van der Waals surface area (Å²) in [6, 6.07) is 5.63. The van der Waals surface area contributed by atoms with Crippen LogP contribution in [0.25, 0.3) is 0 Å². The highest BCUT2D eigenvalue weighted by Crippen LogP contribution is 2.36. The van der Waals surface area contributed by atoms with Crippen molar-refractivity contribution >= 4 is 22.4 Å². The Kier molecular flexibility index (Phi) is 4.03. The van der Waals surface area contributed by atoms with Crippen LogP contribution in [0.5, 0.6) is 11.5 Å². The smallest absolute Gasteiger partial charge is 0.244 e. The number of nitrogens with zero attached hydrogens (tertiary/aromatic N) is 1. The van der Waals surface area contributed by atoms with Gasteiger partial charge in [0.2, 0.25) is 12.7 Å². The molecule has 8 heteroatoms. The van der Waals surface area contributed by atoms with Gasteiger partial charge < -0.3 is 14.8 Å². The molecule has 1 aliphatic carbocycles. The Hall–Kier alpha value is -2.16. The van der Waals surface area contributed by atoms with Crippen molar-refractivity contribution in [1.82, 2.24) is 15.8 Å². The third kappa shape index (κ3) is 2.94. The SMILES string of the molecule is O=C(Nc1nc2c(s1)CCCC2)C1CC(c2ccc3c(c2)OCO3)NN1. The van der Waals surface area contributed by atoms with Gasteiger partial charge in [0.1, 0.15) is 6.04 Å². The van der Waals surface area contributed by atoms with Crippen molar-refractivity contribution in [3.63, 3.8) is 0 Å². The number of aromatic nitrogens is 1. The van der Waals surface area contributed by atoms with E-state index in [1.807, 2.05) is 18.2 Å². The zero-order valence-corrected chi connectivity index (χ0v) is 15.0. The fraction of sp³-hybridized carbons (Fsp3) is 0.444. The number of nitrogens with one attached hydrogen (secondary N) is 3. The number of carbonyl (C=O) groups excluding carboxylic acids is 1. The van der Waals surface area contributed by atoms with E-state index in [0.717, 1.165) is 40.7 Å². The molecule has 2 atom stereocenters. The molecule has 0 spiro atoms. The number of hydrazine groups is 1. The maximum atomic E-state index is 12.6. The molecule has 7 nitrogen and oxygen atoms in total. The number of hydrogen-bond donors (Lipinski definition) is 3. The summed E-state index contributed by atoms with van der Waals surface area (Å²) in [6.45, 7) is 0.262. The van der Waals surface area contributed by atoms with Gasteiger partial charge in [-0.15, -0.1) is 11.3 Å². The molecular weight excluding hydrogens is 352 g/mol. The number of carbonyl (C=O) groups is 1. The lowest BCUT2D eigenvalue weighted by Gasteiger charge is -2.10. The molecule has 2 aliphatic heterocycles. The molecule has 1 aromatic heterocycles. The highest BCUT2D eigenvalue weighted by atomic mass is 32.1. The van der Waals surface area contributed by atoms with Gasteiger partial charge in [-0.3, -0.25) is 4.79 Å². The fourth-order valence-corrected chi connectivity index (χ4v) is 4.73. The first-order chi connectivity index (χ1) is 12.8. The number of anilines is 1. The van der Waals surface area contributed by atoms with E-state index in [4.69, 9.17) is 9.47 Å². The summed E-state index contributed by atoms with van der Waals surface area (Å²) < 4.78 is 10.8. The molecule has 1 aromatic carbocycles. The second-order valence-electron chi connectivity index (χ2n) is 6.83. The molecule has 1 amide bonds. The zero-order chi connectivity index (χ0) is 17.5. The largest absolute Gasteiger partial charge is 0.454 e. The number of ether oxygens (including phenoxy) is 2. The number of rotatable bonds is 3. The average Bonchev–Trinajstić information content (AvgIpc) is 3.38. The number of hydrogen-bond acceptors (Lipinski definition) is 7. The molecule has 136 valence electrons. The lowest BCUT2D eigenvalue weighted by Crippen LogP contribution is -2.39. The summed E-state index contributed by atoms with van der Waals surface area (Å²) in [7, 11) is 0. The van der Waals surface area contributed by atoms with E-state index in [9.17, 15) is 4.79 Å². The number of aryl methyl sites for hydroxylation is 2. The van der Waals surface area contributed by atoms with Crippen molar-refractivity contribution in [3.05, 3.63) is 34.3 Å². The summed E-state index contributed by atoms with van der Waals surface area (Å²) in [4.78, 5) is 18.5. The van der Waals surface area contributed by atoms with Crippen molar-refractivity contribution < 1.29 is 14.3 Å². The van der Waals surface area contributed by atoms with Crippen molar-refractivity contribution in [2.24, 2.45) is 0 Å². The van der Waals surface area contributed by atoms with Crippen molar-refractivity contribution in [2.45, 2.75) is 44.2 Å². The second kappa shape index (κ2) is 6.53. The number of thiazole rings is 1. The van der Waals surface area contributed by atoms with Crippen LogP contribution >= 0.6 is 11.3 Å². The minimum absolute atomic E-state index is 0.0461. The highest BCUT2D eigenvalue weighted by molar-refractivity contribution is 7.15. The molecule has 0 saturated carbocycles. The van der Waals surface area contributed by atoms with Crippen molar-refractivity contribution in [3.8, 4) is 11.5 Å². The molecule has 2 aromatic rings. The number of amides is 1. The Morgan fingerprint density at radius 2 is 2.08 bits per heavy atom. The van der Waals surface area contributed by atoms with Gasteiger partial charge in [0.05, 0.1) is 5.69 Å². The molecule has 0 bridgehead atoms. The standard InChI is InChI=1S/C18H20N4O3S/c23-17(20-18-19-11-3-1-2-4-16(11)26-18)13-8-12(21-22-13)10-5-6-14-15(7-10)25-9-24-14/h5-7,12-13,21-22H,1-4,8-9H2,(H,19,20,23). The van der Waals surface area contributed by atoms with Gasteiger partial charge in [-0.05, 0) is 49.8 Å². The normalized spacial score (nSPS) is 23.7. The molecule has 1 fully saturated rings. The van der Waals surface area contributed by atoms with E-state index in [1.54, 1.807) is 11.3 Å². The zero-order valence-electron chi connectivity index (χ0n) is 14.2. The maximum Gasteiger partial charge on any atom is 0.244 e. The molecule has 1 saturated heterocycles. The van der Waals surface area contributed by atoms with E-state index < -0.39 is 0 Å². The fourth-order valence-electron chi connectivity index (χ4n) is 3.67. The monoisotopic (exact) mass is 372 g/mol. The van der Waals surface area contributed by atoms with Gasteiger partial charge in [0, 0.05) is 10.9 Å². The molecule has 2 unspecified atom stereocenters. The maximum absolute atomic E-state index is 12.6. The Morgan fingerprint density at radius 1 is 1.19 bits per heavy atom. The summed E-state index contributed by atoms with van der Waals surface area (Å²) in [6.07, 6.45) is 5.18. The van der Waals surface area contributed by atoms with E-state index in [1.165, 1.54) is 17.7 Å². The quantitative estimate of drug-likeness (QED) is 0.767. The van der Waals surface area contributed by atoms with Crippen LogP contribution in [-0.2, 0) is 17.6 Å². The topological polar surface area (TPSA) is 84.5 Å². The van der Waals surface area contributed by atoms with Crippen LogP contribution in [-0.4, -0.2) is 23.7 Å². The minimum Gasteiger partial charge on any atom is -0.454 e. The van der Waals surface area contributed by atoms with E-state index in [-0.39, 0.29) is 24.8 Å². The third-order valence-electron chi connectivity index (χ3n) is 5.09. The van der Waals surface area contributed by atoms with Crippen LogP contribution in [0.4, 0.5) is 5.13 Å². The predicted molar refractivity (Wildman–Crippen MR) is 97.4 cm³/mol. The van der Waals surface area contributed by atoms with E-state index in [0.29, 0.717) is 6.42 Å². The predicted octanol–water partition coefficient (Wildman–Crippen LogP) is 2.30. The van der Waals surface area contributed by atoms with E-state index >= 15 is 0 Å². The molecule has 3 heterocycles. The van der Waals surface area contributed by atoms with E-state index in [2.05, 4.69) is 21.2 Å². The van der Waals surface area contributed by atoms with Crippen LogP contribution < -0.4 is 25.6 Å². The lowest BCUT2D eigenvalue weighted by molar-refractivity contribution is -0.117. The number of fused-ring (bicyclic) bond motifs is 2. The van der Waals surface area contributed by atoms with Crippen LogP contribution in [0, 0.1) is 0 Å². The third-order valence-corrected chi connectivity index (χ3v) is 6.17. The average molecular weight is 372 g/mol. The van der Waals surface area contributed by atoms with Gasteiger partial charge in [-0.2, -0.15) is 0 Å². The Labute approximate surface area is 155 Å². The van der Waals surface area contributed by atoms with Crippen LogP contribution in [0.2, 0.25) is 0 Å². The second-order valence-corrected chi connectivity index (χ2v) is 7.91. The summed E-state index contributed by atoms with van der Waals surface area (Å²) in [5, 5.41) is 3.69. The number of benzene rings is 1. The first-order valence-corrected chi connectivity index (χ1v) is 9.78. The van der Waals surface area contributed by atoms with Gasteiger partial charge in [-0.1, -0.05) is 6.07 Å². The molecule has 3 aliphatic rings. The Morgan fingerprint density at radius 3 is 3.00 bits per heavy atom. The summed E-state index contributed by atoms with van der Waals surface area (Å²) >= 11 is 1.61. The van der Waals surface area contributed by atoms with Crippen LogP contribution in [0.15, 0.2) is 18.2 Å². The lowest BCUT2D eigenvalue weighted by atomic mass is 10.0. The first-order valence-electron chi connectivity index (χ1n) is 8.96. The van der Waals surface area contributed by atoms with Gasteiger partial charge in [-0.25, -0.2) is 15.8 Å². The van der Waals surface area contributed by atoms with Crippen LogP contribution in [0.3, 0.4) is 0 Å². The van der Waals surface area contributed by atoms with Gasteiger partial charge in [0.15, 0.2) is 16.6 Å². The highest BCUT2D eigenvalue weighted by Gasteiger charge is 2.31. The summed E-state index contributed by atoms with van der Waals surface area (Å²) in [5.74, 6) is 1.47. The molecule has 3 N–H and O–H groups in total. The molecule has 0 radical (unpaired) electrons. The summed E-state index contributed by atoms with van der Waals surface area (Å²) in [5.41, 5.74) is 8.53. The van der Waals surface area contributed by atoms with Crippen molar-refractivity contribution in [1.29, 1.82) is 0 Å².